The van der Waals surface area contributed by atoms with Gasteiger partial charge in [-0.25, -0.2) is 0 Å². The molecule has 0 unspecified atom stereocenters. The molecule has 4 aromatic rings. The van der Waals surface area contributed by atoms with Crippen LogP contribution in [-0.4, -0.2) is 24.3 Å². The van der Waals surface area contributed by atoms with Gasteiger partial charge in [-0.3, -0.25) is 19.5 Å². The maximum atomic E-state index is 12.8. The Morgan fingerprint density at radius 2 is 1.80 bits per heavy atom. The second-order valence-corrected chi connectivity index (χ2v) is 9.15. The number of aromatic nitrogens is 1. The second kappa shape index (κ2) is 12.6. The van der Waals surface area contributed by atoms with Crippen LogP contribution in [0.3, 0.4) is 0 Å². The zero-order valence-electron chi connectivity index (χ0n) is 21.7. The molecule has 210 valence electrons. The molecule has 1 aromatic heterocycles. The maximum Gasteiger partial charge on any atom is 0.416 e. The van der Waals surface area contributed by atoms with Gasteiger partial charge in [0, 0.05) is 24.6 Å². The zero-order valence-corrected chi connectivity index (χ0v) is 22.5. The van der Waals surface area contributed by atoms with Crippen LogP contribution < -0.4 is 19.9 Å². The number of halogens is 4. The molecular formula is C30H24ClF3N4O3. The van der Waals surface area contributed by atoms with E-state index in [-0.39, 0.29) is 17.5 Å². The lowest BCUT2D eigenvalue weighted by Gasteiger charge is -2.27. The molecule has 0 aliphatic rings. The van der Waals surface area contributed by atoms with Crippen molar-refractivity contribution in [2.24, 2.45) is 0 Å². The van der Waals surface area contributed by atoms with E-state index < -0.39 is 11.7 Å². The van der Waals surface area contributed by atoms with Crippen molar-refractivity contribution in [1.82, 2.24) is 4.98 Å². The number of nitrogens with zero attached hydrogens (tertiary/aromatic N) is 3. The number of alkyl halides is 3. The number of carbonyl (C=O) groups excluding carboxylic acids is 2. The summed E-state index contributed by atoms with van der Waals surface area (Å²) < 4.78 is 44.1. The highest BCUT2D eigenvalue weighted by Crippen LogP contribution is 2.38. The SMILES string of the molecule is C=CC(=O)Nc1cccc(N(C=O)c2ccncc2N(C)c2ccc(OCc3ccc(C(F)(F)F)cc3)c(Cl)c2)c1. The Morgan fingerprint density at radius 3 is 2.46 bits per heavy atom. The van der Waals surface area contributed by atoms with Crippen LogP contribution in [0.2, 0.25) is 5.02 Å². The minimum Gasteiger partial charge on any atom is -0.487 e. The van der Waals surface area contributed by atoms with E-state index in [0.717, 1.165) is 18.2 Å². The van der Waals surface area contributed by atoms with Gasteiger partial charge in [0.25, 0.3) is 0 Å². The Labute approximate surface area is 239 Å². The van der Waals surface area contributed by atoms with Crippen molar-refractivity contribution in [2.45, 2.75) is 12.8 Å². The number of rotatable bonds is 10. The maximum absolute atomic E-state index is 12.8. The largest absolute Gasteiger partial charge is 0.487 e. The fourth-order valence-corrected chi connectivity index (χ4v) is 4.16. The number of hydrogen-bond donors (Lipinski definition) is 1. The molecule has 0 atom stereocenters. The van der Waals surface area contributed by atoms with E-state index in [2.05, 4.69) is 16.9 Å². The average Bonchev–Trinajstić information content (AvgIpc) is 2.96. The summed E-state index contributed by atoms with van der Waals surface area (Å²) in [4.78, 5) is 31.4. The van der Waals surface area contributed by atoms with Crippen molar-refractivity contribution in [3.63, 3.8) is 0 Å². The van der Waals surface area contributed by atoms with Gasteiger partial charge in [-0.1, -0.05) is 36.4 Å². The summed E-state index contributed by atoms with van der Waals surface area (Å²) in [6, 6.07) is 18.2. The molecule has 0 aliphatic carbocycles. The average molecular weight is 581 g/mol. The number of carbonyl (C=O) groups is 2. The molecule has 3 aromatic carbocycles. The first kappa shape index (κ1) is 29.2. The van der Waals surface area contributed by atoms with Crippen LogP contribution in [0.1, 0.15) is 11.1 Å². The first-order valence-electron chi connectivity index (χ1n) is 12.1. The highest BCUT2D eigenvalue weighted by molar-refractivity contribution is 6.32. The molecule has 0 radical (unpaired) electrons. The highest BCUT2D eigenvalue weighted by atomic mass is 35.5. The summed E-state index contributed by atoms with van der Waals surface area (Å²) in [5.74, 6) is -0.0316. The first-order valence-corrected chi connectivity index (χ1v) is 12.5. The Kier molecular flexibility index (Phi) is 8.94. The highest BCUT2D eigenvalue weighted by Gasteiger charge is 2.30. The lowest BCUT2D eigenvalue weighted by molar-refractivity contribution is -0.137. The summed E-state index contributed by atoms with van der Waals surface area (Å²) in [5, 5.41) is 2.95. The smallest absolute Gasteiger partial charge is 0.416 e. The van der Waals surface area contributed by atoms with Gasteiger partial charge in [0.1, 0.15) is 12.4 Å². The van der Waals surface area contributed by atoms with Gasteiger partial charge in [0.15, 0.2) is 0 Å². The number of ether oxygens (including phenoxy) is 1. The van der Waals surface area contributed by atoms with Gasteiger partial charge in [-0.05, 0) is 66.2 Å². The molecule has 1 heterocycles. The number of amides is 2. The summed E-state index contributed by atoms with van der Waals surface area (Å²) in [7, 11) is 1.78. The molecule has 4 rings (SSSR count). The van der Waals surface area contributed by atoms with E-state index in [9.17, 15) is 22.8 Å². The van der Waals surface area contributed by atoms with Crippen molar-refractivity contribution in [2.75, 3.05) is 22.2 Å². The summed E-state index contributed by atoms with van der Waals surface area (Å²) in [6.07, 6.45) is 0.548. The molecular weight excluding hydrogens is 557 g/mol. The molecule has 11 heteroatoms. The molecule has 0 bridgehead atoms. The molecule has 41 heavy (non-hydrogen) atoms. The van der Waals surface area contributed by atoms with Crippen molar-refractivity contribution in [1.29, 1.82) is 0 Å². The normalized spacial score (nSPS) is 11.0. The molecule has 0 aliphatic heterocycles. The Balaban J connectivity index is 1.54. The van der Waals surface area contributed by atoms with Crippen LogP contribution >= 0.6 is 11.6 Å². The predicted molar refractivity (Wildman–Crippen MR) is 153 cm³/mol. The second-order valence-electron chi connectivity index (χ2n) is 8.74. The van der Waals surface area contributed by atoms with Crippen LogP contribution in [0.15, 0.2) is 97.8 Å². The third kappa shape index (κ3) is 7.03. The molecule has 7 nitrogen and oxygen atoms in total. The number of pyridine rings is 1. The van der Waals surface area contributed by atoms with Gasteiger partial charge in [0.05, 0.1) is 33.8 Å². The fraction of sp³-hybridized carbons (Fsp3) is 0.100. The van der Waals surface area contributed by atoms with Gasteiger partial charge >= 0.3 is 6.18 Å². The van der Waals surface area contributed by atoms with Crippen molar-refractivity contribution in [3.8, 4) is 5.75 Å². The molecule has 0 saturated carbocycles. The number of anilines is 5. The standard InChI is InChI=1S/C30H24ClF3N4O3/c1-3-29(40)36-22-5-4-6-24(15-22)38(19-39)26-13-14-35-17-27(26)37(2)23-11-12-28(25(31)16-23)41-18-20-7-9-21(10-8-20)30(32,33)34/h3-17,19H,1,18H2,2H3,(H,36,40). The van der Waals surface area contributed by atoms with E-state index in [0.29, 0.717) is 46.2 Å². The number of nitrogens with one attached hydrogen (secondary N) is 1. The number of benzene rings is 3. The Morgan fingerprint density at radius 1 is 1.05 bits per heavy atom. The third-order valence-corrected chi connectivity index (χ3v) is 6.36. The van der Waals surface area contributed by atoms with Gasteiger partial charge in [-0.2, -0.15) is 13.2 Å². The van der Waals surface area contributed by atoms with E-state index in [1.807, 2.05) is 0 Å². The number of hydrogen-bond acceptors (Lipinski definition) is 5. The van der Waals surface area contributed by atoms with Crippen LogP contribution in [-0.2, 0) is 22.4 Å². The van der Waals surface area contributed by atoms with E-state index in [4.69, 9.17) is 16.3 Å². The summed E-state index contributed by atoms with van der Waals surface area (Å²) in [5.41, 5.74) is 2.57. The van der Waals surface area contributed by atoms with Crippen LogP contribution in [0, 0.1) is 0 Å². The van der Waals surface area contributed by atoms with Crippen LogP contribution in [0.5, 0.6) is 5.75 Å². The molecule has 0 fully saturated rings. The first-order chi connectivity index (χ1) is 19.6. The monoisotopic (exact) mass is 580 g/mol. The molecule has 2 amide bonds. The fourth-order valence-electron chi connectivity index (χ4n) is 3.93. The lowest BCUT2D eigenvalue weighted by Crippen LogP contribution is -2.19. The minimum atomic E-state index is -4.41. The quantitative estimate of drug-likeness (QED) is 0.155. The Bertz CT molecular complexity index is 1560. The van der Waals surface area contributed by atoms with E-state index >= 15 is 0 Å². The Hall–Kier alpha value is -4.83. The van der Waals surface area contributed by atoms with Crippen molar-refractivity contribution in [3.05, 3.63) is 114 Å². The van der Waals surface area contributed by atoms with Crippen LogP contribution in [0.25, 0.3) is 0 Å². The van der Waals surface area contributed by atoms with E-state index in [1.165, 1.54) is 17.0 Å². The molecule has 0 saturated heterocycles. The van der Waals surface area contributed by atoms with Gasteiger partial charge < -0.3 is 15.0 Å². The molecule has 1 N–H and O–H groups in total. The van der Waals surface area contributed by atoms with Gasteiger partial charge in [0.2, 0.25) is 12.3 Å². The van der Waals surface area contributed by atoms with Crippen molar-refractivity contribution < 1.29 is 27.5 Å². The van der Waals surface area contributed by atoms with Crippen LogP contribution in [0.4, 0.5) is 41.6 Å². The lowest BCUT2D eigenvalue weighted by atomic mass is 10.1. The summed E-state index contributed by atoms with van der Waals surface area (Å²) in [6.45, 7) is 3.47. The predicted octanol–water partition coefficient (Wildman–Crippen LogP) is 7.52. The minimum absolute atomic E-state index is 0.0282. The zero-order chi connectivity index (χ0) is 29.6. The topological polar surface area (TPSA) is 74.8 Å². The van der Waals surface area contributed by atoms with Crippen molar-refractivity contribution >= 4 is 52.4 Å². The molecule has 0 spiro atoms. The summed E-state index contributed by atoms with van der Waals surface area (Å²) >= 11 is 6.48. The third-order valence-electron chi connectivity index (χ3n) is 6.06. The van der Waals surface area contributed by atoms with Gasteiger partial charge in [-0.15, -0.1) is 0 Å². The van der Waals surface area contributed by atoms with E-state index in [1.54, 1.807) is 72.9 Å².